The summed E-state index contributed by atoms with van der Waals surface area (Å²) in [5.41, 5.74) is 0.680. The Morgan fingerprint density at radius 3 is 2.97 bits per heavy atom. The maximum Gasteiger partial charge on any atom is 0.307 e. The molecule has 1 amide bonds. The van der Waals surface area contributed by atoms with E-state index in [1.165, 1.54) is 23.2 Å². The first kappa shape index (κ1) is 25.8. The zero-order valence-corrected chi connectivity index (χ0v) is 21.7. The van der Waals surface area contributed by atoms with E-state index in [2.05, 4.69) is 28.8 Å². The largest absolute Gasteiger partial charge is 0.605 e. The lowest BCUT2D eigenvalue weighted by atomic mass is 9.99. The number of piperidine rings is 1. The molecule has 2 aliphatic heterocycles. The highest BCUT2D eigenvalue weighted by molar-refractivity contribution is 8.72. The summed E-state index contributed by atoms with van der Waals surface area (Å²) in [4.78, 5) is 35.0. The molecule has 4 atom stereocenters. The van der Waals surface area contributed by atoms with E-state index in [-0.39, 0.29) is 35.9 Å². The van der Waals surface area contributed by atoms with Crippen LogP contribution < -0.4 is 5.32 Å². The number of esters is 1. The SMILES string of the molecule is C=CC(=O)N1C[C@@H](Nc2ncnc3c2ccn3COC(=O)CCCC[C@@H]2CCS[S@+]2[O-])CC[C@@H]1C. The monoisotopic (exact) mass is 519 g/mol. The van der Waals surface area contributed by atoms with Gasteiger partial charge in [0.15, 0.2) is 6.73 Å². The molecule has 0 aromatic carbocycles. The summed E-state index contributed by atoms with van der Waals surface area (Å²) < 4.78 is 19.0. The third-order valence-corrected chi connectivity index (χ3v) is 10.3. The highest BCUT2D eigenvalue weighted by Crippen LogP contribution is 2.33. The van der Waals surface area contributed by atoms with Crippen molar-refractivity contribution >= 4 is 49.7 Å². The van der Waals surface area contributed by atoms with Crippen LogP contribution in [0.1, 0.15) is 51.9 Å². The lowest BCUT2D eigenvalue weighted by Gasteiger charge is -2.38. The number of aromatic nitrogens is 3. The Kier molecular flexibility index (Phi) is 8.96. The fraction of sp³-hybridized carbons (Fsp3) is 0.583. The average Bonchev–Trinajstić information content (AvgIpc) is 3.47. The Morgan fingerprint density at radius 2 is 2.20 bits per heavy atom. The number of carbonyl (C=O) groups excluding carboxylic acids is 2. The van der Waals surface area contributed by atoms with Gasteiger partial charge in [-0.1, -0.05) is 6.58 Å². The molecule has 11 heteroatoms. The normalized spacial score (nSPS) is 24.5. The van der Waals surface area contributed by atoms with Crippen LogP contribution in [0.25, 0.3) is 11.0 Å². The van der Waals surface area contributed by atoms with E-state index >= 15 is 0 Å². The lowest BCUT2D eigenvalue weighted by molar-refractivity contribution is -0.147. The van der Waals surface area contributed by atoms with Gasteiger partial charge in [0.05, 0.1) is 16.2 Å². The summed E-state index contributed by atoms with van der Waals surface area (Å²) in [5, 5.41) is 4.58. The number of hydrogen-bond donors (Lipinski definition) is 1. The molecule has 2 fully saturated rings. The first-order valence-corrected chi connectivity index (χ1v) is 14.9. The van der Waals surface area contributed by atoms with E-state index in [9.17, 15) is 14.1 Å². The van der Waals surface area contributed by atoms with Crippen molar-refractivity contribution in [2.24, 2.45) is 0 Å². The Morgan fingerprint density at radius 1 is 1.34 bits per heavy atom. The van der Waals surface area contributed by atoms with E-state index in [1.807, 2.05) is 17.2 Å². The summed E-state index contributed by atoms with van der Waals surface area (Å²) in [6.07, 6.45) is 10.4. The third-order valence-electron chi connectivity index (χ3n) is 6.67. The van der Waals surface area contributed by atoms with Gasteiger partial charge >= 0.3 is 5.97 Å². The molecule has 2 saturated heterocycles. The predicted molar refractivity (Wildman–Crippen MR) is 139 cm³/mol. The van der Waals surface area contributed by atoms with Crippen molar-refractivity contribution in [3.05, 3.63) is 31.2 Å². The van der Waals surface area contributed by atoms with Crippen molar-refractivity contribution in [3.8, 4) is 0 Å². The molecule has 190 valence electrons. The number of hydrogen-bond acceptors (Lipinski definition) is 8. The number of fused-ring (bicyclic) bond motifs is 1. The first-order chi connectivity index (χ1) is 17.0. The fourth-order valence-electron chi connectivity index (χ4n) is 4.62. The molecule has 9 nitrogen and oxygen atoms in total. The zero-order chi connectivity index (χ0) is 24.8. The maximum atomic E-state index is 12.2. The van der Waals surface area contributed by atoms with Gasteiger partial charge in [0.1, 0.15) is 23.0 Å². The van der Waals surface area contributed by atoms with Crippen LogP contribution >= 0.6 is 10.8 Å². The molecule has 0 unspecified atom stereocenters. The number of anilines is 1. The van der Waals surface area contributed by atoms with Gasteiger partial charge in [-0.25, -0.2) is 9.97 Å². The molecular formula is C24H33N5O4S2. The van der Waals surface area contributed by atoms with Gasteiger partial charge in [0.2, 0.25) is 5.91 Å². The minimum atomic E-state index is -0.764. The summed E-state index contributed by atoms with van der Waals surface area (Å²) in [6, 6.07) is 2.17. The standard InChI is InChI=1S/C24H33N5O4S2/c1-3-21(30)29-14-18(9-8-17(29)2)27-23-20-10-12-28(24(20)26-15-25-23)16-33-22(31)7-5-4-6-19-11-13-34-35(19)32/h3,10,12,15,17-19H,1,4-9,11,13-14,16H2,2H3,(H,25,26,27)/t17-,18-,19+,35-/m0/s1. The molecule has 0 aliphatic carbocycles. The second kappa shape index (κ2) is 12.1. The molecule has 1 N–H and O–H groups in total. The molecule has 2 aliphatic rings. The van der Waals surface area contributed by atoms with Gasteiger partial charge in [0.25, 0.3) is 0 Å². The first-order valence-electron chi connectivity index (χ1n) is 12.1. The van der Waals surface area contributed by atoms with Crippen molar-refractivity contribution in [3.63, 3.8) is 0 Å². The van der Waals surface area contributed by atoms with Crippen molar-refractivity contribution in [2.75, 3.05) is 17.6 Å². The molecule has 0 saturated carbocycles. The number of likely N-dealkylation sites (tertiary alicyclic amines) is 1. The highest BCUT2D eigenvalue weighted by Gasteiger charge is 2.30. The van der Waals surface area contributed by atoms with Crippen molar-refractivity contribution in [2.45, 2.75) is 75.9 Å². The van der Waals surface area contributed by atoms with Gasteiger partial charge in [-0.2, -0.15) is 0 Å². The molecular weight excluding hydrogens is 486 g/mol. The number of nitrogens with zero attached hydrogens (tertiary/aromatic N) is 4. The third kappa shape index (κ3) is 6.50. The second-order valence-corrected chi connectivity index (χ2v) is 12.6. The Labute approximate surface area is 212 Å². The highest BCUT2D eigenvalue weighted by atomic mass is 33.1. The van der Waals surface area contributed by atoms with Crippen LogP contribution in [-0.4, -0.2) is 65.5 Å². The topological polar surface area (TPSA) is 112 Å². The van der Waals surface area contributed by atoms with Gasteiger partial charge < -0.3 is 19.5 Å². The van der Waals surface area contributed by atoms with Crippen molar-refractivity contribution in [1.82, 2.24) is 19.4 Å². The number of nitrogens with one attached hydrogen (secondary N) is 1. The van der Waals surface area contributed by atoms with Crippen molar-refractivity contribution < 1.29 is 18.9 Å². The van der Waals surface area contributed by atoms with E-state index in [0.29, 0.717) is 24.4 Å². The van der Waals surface area contributed by atoms with E-state index < -0.39 is 10.2 Å². The van der Waals surface area contributed by atoms with Gasteiger partial charge in [0, 0.05) is 53.6 Å². The van der Waals surface area contributed by atoms with Crippen LogP contribution in [0.15, 0.2) is 31.2 Å². The summed E-state index contributed by atoms with van der Waals surface area (Å²) in [5.74, 6) is 1.37. The number of unbranched alkanes of at least 4 members (excludes halogenated alkanes) is 1. The second-order valence-electron chi connectivity index (χ2n) is 9.09. The van der Waals surface area contributed by atoms with Crippen LogP contribution in [0.5, 0.6) is 0 Å². The Hall–Kier alpha value is -2.24. The number of amides is 1. The molecule has 0 spiro atoms. The minimum Gasteiger partial charge on any atom is -0.605 e. The molecule has 35 heavy (non-hydrogen) atoms. The van der Waals surface area contributed by atoms with Crippen LogP contribution in [0.2, 0.25) is 0 Å². The molecule has 4 heterocycles. The summed E-state index contributed by atoms with van der Waals surface area (Å²) in [6.45, 7) is 6.34. The number of rotatable bonds is 10. The van der Waals surface area contributed by atoms with Crippen molar-refractivity contribution in [1.29, 1.82) is 0 Å². The lowest BCUT2D eigenvalue weighted by Crippen LogP contribution is -2.49. The maximum absolute atomic E-state index is 12.2. The smallest absolute Gasteiger partial charge is 0.307 e. The van der Waals surface area contributed by atoms with Crippen LogP contribution in [0, 0.1) is 0 Å². The van der Waals surface area contributed by atoms with Gasteiger partial charge in [-0.15, -0.1) is 0 Å². The quantitative estimate of drug-likeness (QED) is 0.166. The Bertz CT molecular complexity index is 1050. The minimum absolute atomic E-state index is 0.0580. The molecule has 4 rings (SSSR count). The van der Waals surface area contributed by atoms with E-state index in [0.717, 1.165) is 49.7 Å². The predicted octanol–water partition coefficient (Wildman–Crippen LogP) is 3.64. The van der Waals surface area contributed by atoms with Gasteiger partial charge in [-0.3, -0.25) is 14.2 Å². The van der Waals surface area contributed by atoms with Gasteiger partial charge in [-0.05, 0) is 51.2 Å². The zero-order valence-electron chi connectivity index (χ0n) is 20.1. The van der Waals surface area contributed by atoms with E-state index in [1.54, 1.807) is 4.57 Å². The summed E-state index contributed by atoms with van der Waals surface area (Å²) >= 11 is 0. The van der Waals surface area contributed by atoms with Crippen LogP contribution in [-0.2, 0) is 31.3 Å². The van der Waals surface area contributed by atoms with Crippen LogP contribution in [0.3, 0.4) is 0 Å². The summed E-state index contributed by atoms with van der Waals surface area (Å²) in [7, 11) is 0.769. The Balaban J connectivity index is 1.28. The molecule has 2 aromatic rings. The average molecular weight is 520 g/mol. The molecule has 0 bridgehead atoms. The number of carbonyl (C=O) groups is 2. The number of ether oxygens (including phenoxy) is 1. The molecule has 2 aromatic heterocycles. The molecule has 0 radical (unpaired) electrons. The fourth-order valence-corrected chi connectivity index (χ4v) is 8.11. The van der Waals surface area contributed by atoms with E-state index in [4.69, 9.17) is 4.74 Å². The van der Waals surface area contributed by atoms with Crippen LogP contribution in [0.4, 0.5) is 5.82 Å².